The number of aliphatic hydroxyl groups is 1. The summed E-state index contributed by atoms with van der Waals surface area (Å²) in [4.78, 5) is 14.6. The van der Waals surface area contributed by atoms with Crippen LogP contribution in [0.4, 0.5) is 17.3 Å². The second-order valence-corrected chi connectivity index (χ2v) is 5.03. The molecule has 0 saturated carbocycles. The summed E-state index contributed by atoms with van der Waals surface area (Å²) >= 11 is 0. The molecule has 106 valence electrons. The highest BCUT2D eigenvalue weighted by Crippen LogP contribution is 2.25. The molecule has 0 aliphatic heterocycles. The molecule has 0 unspecified atom stereocenters. The number of anilines is 2. The molecule has 1 rings (SSSR count). The minimum absolute atomic E-state index is 0.0132. The van der Waals surface area contributed by atoms with Gasteiger partial charge < -0.3 is 15.7 Å². The number of pyridine rings is 1. The molecule has 0 amide bonds. The maximum absolute atomic E-state index is 10.9. The van der Waals surface area contributed by atoms with Gasteiger partial charge >= 0.3 is 5.69 Å². The Morgan fingerprint density at radius 2 is 2.11 bits per heavy atom. The first-order valence-electron chi connectivity index (χ1n) is 6.13. The quantitative estimate of drug-likeness (QED) is 0.515. The van der Waals surface area contributed by atoms with Gasteiger partial charge in [-0.05, 0) is 13.0 Å². The van der Waals surface area contributed by atoms with Crippen LogP contribution in [0.3, 0.4) is 0 Å². The van der Waals surface area contributed by atoms with Crippen molar-refractivity contribution in [3.63, 3.8) is 0 Å². The molecule has 19 heavy (non-hydrogen) atoms. The highest BCUT2D eigenvalue weighted by molar-refractivity contribution is 5.60. The molecule has 1 aromatic heterocycles. The fourth-order valence-electron chi connectivity index (χ4n) is 1.39. The summed E-state index contributed by atoms with van der Waals surface area (Å²) in [5, 5.41) is 26.1. The first-order valence-corrected chi connectivity index (χ1v) is 6.13. The fourth-order valence-corrected chi connectivity index (χ4v) is 1.39. The number of nitro groups is 1. The van der Waals surface area contributed by atoms with Gasteiger partial charge in [-0.25, -0.2) is 4.98 Å². The van der Waals surface area contributed by atoms with E-state index in [1.54, 1.807) is 6.07 Å². The van der Waals surface area contributed by atoms with Gasteiger partial charge in [-0.1, -0.05) is 13.8 Å². The van der Waals surface area contributed by atoms with E-state index in [2.05, 4.69) is 15.6 Å². The molecule has 0 aromatic carbocycles. The highest BCUT2D eigenvalue weighted by atomic mass is 16.6. The number of hydrogen-bond donors (Lipinski definition) is 3. The van der Waals surface area contributed by atoms with Gasteiger partial charge in [-0.15, -0.1) is 0 Å². The topological polar surface area (TPSA) is 100 Å². The highest BCUT2D eigenvalue weighted by Gasteiger charge is 2.20. The van der Waals surface area contributed by atoms with Crippen molar-refractivity contribution in [3.05, 3.63) is 22.2 Å². The molecule has 0 radical (unpaired) electrons. The minimum atomic E-state index is -0.475. The lowest BCUT2D eigenvalue weighted by Gasteiger charge is -2.22. The first kappa shape index (κ1) is 15.2. The summed E-state index contributed by atoms with van der Waals surface area (Å²) in [6, 6.07) is 2.99. The summed E-state index contributed by atoms with van der Waals surface area (Å²) in [7, 11) is 0. The Morgan fingerprint density at radius 3 is 2.63 bits per heavy atom. The zero-order chi connectivity index (χ0) is 14.5. The molecular formula is C12H20N4O3. The van der Waals surface area contributed by atoms with Crippen LogP contribution in [-0.2, 0) is 0 Å². The molecule has 0 bridgehead atoms. The Hall–Kier alpha value is -1.89. The van der Waals surface area contributed by atoms with Crippen LogP contribution in [0, 0.1) is 15.5 Å². The Morgan fingerprint density at radius 1 is 1.42 bits per heavy atom. The summed E-state index contributed by atoms with van der Waals surface area (Å²) in [6.07, 6.45) is 0. The van der Waals surface area contributed by atoms with Gasteiger partial charge in [-0.2, -0.15) is 0 Å². The summed E-state index contributed by atoms with van der Waals surface area (Å²) in [6.45, 7) is 6.71. The maximum Gasteiger partial charge on any atom is 0.311 e. The molecular weight excluding hydrogens is 248 g/mol. The molecule has 3 N–H and O–H groups in total. The number of aromatic nitrogens is 1. The van der Waals surface area contributed by atoms with Gasteiger partial charge in [0.15, 0.2) is 0 Å². The van der Waals surface area contributed by atoms with E-state index in [0.29, 0.717) is 18.9 Å². The first-order chi connectivity index (χ1) is 8.89. The van der Waals surface area contributed by atoms with Gasteiger partial charge in [0.1, 0.15) is 5.82 Å². The molecule has 1 aromatic rings. The summed E-state index contributed by atoms with van der Waals surface area (Å²) in [5.74, 6) is 0.794. The third-order valence-electron chi connectivity index (χ3n) is 2.59. The van der Waals surface area contributed by atoms with Crippen LogP contribution >= 0.6 is 0 Å². The maximum atomic E-state index is 10.9. The number of aliphatic hydroxyl groups excluding tert-OH is 1. The third kappa shape index (κ3) is 4.36. The fraction of sp³-hybridized carbons (Fsp3) is 0.583. The van der Waals surface area contributed by atoms with Crippen molar-refractivity contribution in [2.45, 2.75) is 20.8 Å². The SMILES string of the molecule is CCNc1ccc([N+](=O)[O-])c(NCC(C)(C)CO)n1. The van der Waals surface area contributed by atoms with E-state index >= 15 is 0 Å². The molecule has 0 aliphatic rings. The normalized spacial score (nSPS) is 11.2. The van der Waals surface area contributed by atoms with Gasteiger partial charge in [0, 0.05) is 31.2 Å². The third-order valence-corrected chi connectivity index (χ3v) is 2.59. The van der Waals surface area contributed by atoms with Crippen molar-refractivity contribution in [2.75, 3.05) is 30.3 Å². The van der Waals surface area contributed by atoms with Crippen molar-refractivity contribution < 1.29 is 10.0 Å². The molecule has 0 fully saturated rings. The zero-order valence-corrected chi connectivity index (χ0v) is 11.4. The van der Waals surface area contributed by atoms with E-state index in [9.17, 15) is 15.2 Å². The minimum Gasteiger partial charge on any atom is -0.396 e. The zero-order valence-electron chi connectivity index (χ0n) is 11.4. The van der Waals surface area contributed by atoms with Crippen molar-refractivity contribution in [2.24, 2.45) is 5.41 Å². The van der Waals surface area contributed by atoms with Gasteiger partial charge in [0.2, 0.25) is 5.82 Å². The summed E-state index contributed by atoms with van der Waals surface area (Å²) < 4.78 is 0. The Bertz CT molecular complexity index is 449. The number of hydrogen-bond acceptors (Lipinski definition) is 6. The van der Waals surface area contributed by atoms with Crippen LogP contribution in [0.15, 0.2) is 12.1 Å². The van der Waals surface area contributed by atoms with E-state index in [1.165, 1.54) is 6.07 Å². The van der Waals surface area contributed by atoms with Crippen LogP contribution in [0.1, 0.15) is 20.8 Å². The Kier molecular flexibility index (Phi) is 5.05. The van der Waals surface area contributed by atoms with Crippen molar-refractivity contribution >= 4 is 17.3 Å². The Balaban J connectivity index is 2.94. The van der Waals surface area contributed by atoms with Crippen molar-refractivity contribution in [1.29, 1.82) is 0 Å². The largest absolute Gasteiger partial charge is 0.396 e. The summed E-state index contributed by atoms with van der Waals surface area (Å²) in [5.41, 5.74) is -0.445. The van der Waals surface area contributed by atoms with E-state index in [-0.39, 0.29) is 23.5 Å². The van der Waals surface area contributed by atoms with Crippen molar-refractivity contribution in [1.82, 2.24) is 4.98 Å². The predicted molar refractivity (Wildman–Crippen MR) is 74.4 cm³/mol. The molecule has 7 heteroatoms. The lowest BCUT2D eigenvalue weighted by atomic mass is 9.95. The van der Waals surface area contributed by atoms with Crippen LogP contribution in [-0.4, -0.2) is 34.7 Å². The molecule has 0 spiro atoms. The predicted octanol–water partition coefficient (Wildman–Crippen LogP) is 1.85. The molecule has 0 saturated heterocycles. The molecule has 0 atom stereocenters. The van der Waals surface area contributed by atoms with Gasteiger partial charge in [0.05, 0.1) is 4.92 Å². The average Bonchev–Trinajstić information content (AvgIpc) is 2.37. The van der Waals surface area contributed by atoms with Crippen LogP contribution < -0.4 is 10.6 Å². The van der Waals surface area contributed by atoms with E-state index in [0.717, 1.165) is 0 Å². The number of nitrogens with zero attached hydrogens (tertiary/aromatic N) is 2. The standard InChI is InChI=1S/C12H20N4O3/c1-4-13-10-6-5-9(16(18)19)11(15-10)14-7-12(2,3)8-17/h5-6,17H,4,7-8H2,1-3H3,(H2,13,14,15). The van der Waals surface area contributed by atoms with E-state index in [1.807, 2.05) is 20.8 Å². The van der Waals surface area contributed by atoms with Crippen LogP contribution in [0.2, 0.25) is 0 Å². The van der Waals surface area contributed by atoms with Crippen LogP contribution in [0.25, 0.3) is 0 Å². The monoisotopic (exact) mass is 268 g/mol. The smallest absolute Gasteiger partial charge is 0.311 e. The van der Waals surface area contributed by atoms with E-state index < -0.39 is 4.92 Å². The average molecular weight is 268 g/mol. The van der Waals surface area contributed by atoms with Gasteiger partial charge in [0.25, 0.3) is 0 Å². The van der Waals surface area contributed by atoms with E-state index in [4.69, 9.17) is 0 Å². The lowest BCUT2D eigenvalue weighted by Crippen LogP contribution is -2.27. The second kappa shape index (κ2) is 6.33. The Labute approximate surface area is 112 Å². The molecule has 1 heterocycles. The van der Waals surface area contributed by atoms with Crippen molar-refractivity contribution in [3.8, 4) is 0 Å². The second-order valence-electron chi connectivity index (χ2n) is 5.03. The van der Waals surface area contributed by atoms with Gasteiger partial charge in [-0.3, -0.25) is 10.1 Å². The molecule has 7 nitrogen and oxygen atoms in total. The number of nitrogens with one attached hydrogen (secondary N) is 2. The van der Waals surface area contributed by atoms with Crippen LogP contribution in [0.5, 0.6) is 0 Å². The lowest BCUT2D eigenvalue weighted by molar-refractivity contribution is -0.384. The number of rotatable bonds is 7. The molecule has 0 aliphatic carbocycles.